The van der Waals surface area contributed by atoms with Crippen LogP contribution in [0.25, 0.3) is 22.3 Å². The summed E-state index contributed by atoms with van der Waals surface area (Å²) in [4.78, 5) is 52.4. The van der Waals surface area contributed by atoms with E-state index >= 15 is 0 Å². The second-order valence-corrected chi connectivity index (χ2v) is 8.90. The molecule has 1 aliphatic rings. The number of anilines is 1. The Labute approximate surface area is 206 Å². The molecular weight excluding hydrogens is 460 g/mol. The predicted octanol–water partition coefficient (Wildman–Crippen LogP) is 3.25. The number of aromatic amines is 1. The number of aromatic nitrogens is 3. The van der Waals surface area contributed by atoms with Crippen LogP contribution in [0.15, 0.2) is 58.1 Å². The van der Waals surface area contributed by atoms with Crippen LogP contribution >= 0.6 is 0 Å². The van der Waals surface area contributed by atoms with Crippen LogP contribution in [0, 0.1) is 0 Å². The Morgan fingerprint density at radius 3 is 2.58 bits per heavy atom. The molecule has 5 rings (SSSR count). The average Bonchev–Trinajstić information content (AvgIpc) is 3.48. The number of rotatable bonds is 7. The van der Waals surface area contributed by atoms with Crippen LogP contribution in [-0.2, 0) is 24.8 Å². The SMILES string of the molecule is CCCn1c(=O)n(C)c(=O)c2[nH]c(-c3ccc(OCC(=O)Nc4ccc5c(c4)CCC5=O)cc3)cc21. The van der Waals surface area contributed by atoms with E-state index in [9.17, 15) is 19.2 Å². The molecule has 2 aromatic heterocycles. The van der Waals surface area contributed by atoms with E-state index < -0.39 is 0 Å². The highest BCUT2D eigenvalue weighted by Gasteiger charge is 2.19. The summed E-state index contributed by atoms with van der Waals surface area (Å²) >= 11 is 0. The fourth-order valence-corrected chi connectivity index (χ4v) is 4.56. The molecule has 2 N–H and O–H groups in total. The minimum Gasteiger partial charge on any atom is -0.484 e. The molecule has 0 fully saturated rings. The monoisotopic (exact) mass is 486 g/mol. The maximum Gasteiger partial charge on any atom is 0.331 e. The number of fused-ring (bicyclic) bond motifs is 2. The molecule has 0 atom stereocenters. The summed E-state index contributed by atoms with van der Waals surface area (Å²) in [5.41, 5.74) is 4.10. The van der Waals surface area contributed by atoms with Gasteiger partial charge in [-0.1, -0.05) is 6.92 Å². The standard InChI is InChI=1S/C27H26N4O5/c1-3-12-31-22-14-21(29-25(22)26(34)30(2)27(31)35)16-4-8-19(9-5-16)36-15-24(33)28-18-7-10-20-17(13-18)6-11-23(20)32/h4-5,7-10,13-14,29H,3,6,11-12,15H2,1-2H3,(H,28,33). The zero-order chi connectivity index (χ0) is 25.4. The van der Waals surface area contributed by atoms with Crippen LogP contribution in [-0.4, -0.2) is 32.4 Å². The number of nitrogens with one attached hydrogen (secondary N) is 2. The number of amides is 1. The summed E-state index contributed by atoms with van der Waals surface area (Å²) < 4.78 is 8.34. The van der Waals surface area contributed by atoms with Gasteiger partial charge in [-0.05, 0) is 72.5 Å². The van der Waals surface area contributed by atoms with Crippen molar-refractivity contribution in [2.45, 2.75) is 32.7 Å². The summed E-state index contributed by atoms with van der Waals surface area (Å²) in [7, 11) is 1.48. The first-order chi connectivity index (χ1) is 17.4. The van der Waals surface area contributed by atoms with Crippen molar-refractivity contribution in [1.29, 1.82) is 0 Å². The number of ketones is 1. The number of nitrogens with zero attached hydrogens (tertiary/aromatic N) is 2. The van der Waals surface area contributed by atoms with Crippen molar-refractivity contribution in [3.63, 3.8) is 0 Å². The van der Waals surface area contributed by atoms with Gasteiger partial charge in [-0.3, -0.25) is 23.5 Å². The Morgan fingerprint density at radius 2 is 1.83 bits per heavy atom. The Morgan fingerprint density at radius 1 is 1.06 bits per heavy atom. The number of aryl methyl sites for hydroxylation is 2. The maximum absolute atomic E-state index is 12.6. The first-order valence-corrected chi connectivity index (χ1v) is 11.9. The van der Waals surface area contributed by atoms with Crippen molar-refractivity contribution in [2.75, 3.05) is 11.9 Å². The molecule has 2 heterocycles. The Bertz CT molecular complexity index is 1610. The third-order valence-electron chi connectivity index (χ3n) is 6.42. The average molecular weight is 487 g/mol. The fraction of sp³-hybridized carbons (Fsp3) is 0.259. The van der Waals surface area contributed by atoms with Crippen molar-refractivity contribution in [3.8, 4) is 17.0 Å². The lowest BCUT2D eigenvalue weighted by Crippen LogP contribution is -2.38. The minimum absolute atomic E-state index is 0.139. The number of carbonyl (C=O) groups is 2. The van der Waals surface area contributed by atoms with Gasteiger partial charge in [-0.2, -0.15) is 0 Å². The van der Waals surface area contributed by atoms with Gasteiger partial charge in [0.05, 0.1) is 5.52 Å². The van der Waals surface area contributed by atoms with E-state index in [2.05, 4.69) is 10.3 Å². The van der Waals surface area contributed by atoms with Crippen molar-refractivity contribution in [3.05, 3.63) is 80.5 Å². The van der Waals surface area contributed by atoms with Crippen molar-refractivity contribution in [2.24, 2.45) is 7.05 Å². The molecule has 0 radical (unpaired) electrons. The van der Waals surface area contributed by atoms with Crippen LogP contribution in [0.2, 0.25) is 0 Å². The summed E-state index contributed by atoms with van der Waals surface area (Å²) in [5, 5.41) is 2.80. The van der Waals surface area contributed by atoms with Gasteiger partial charge in [-0.15, -0.1) is 0 Å². The third-order valence-corrected chi connectivity index (χ3v) is 6.42. The van der Waals surface area contributed by atoms with E-state index in [1.165, 1.54) is 7.05 Å². The molecule has 1 aliphatic carbocycles. The fourth-order valence-electron chi connectivity index (χ4n) is 4.56. The van der Waals surface area contributed by atoms with Crippen LogP contribution in [0.4, 0.5) is 5.69 Å². The Hall–Kier alpha value is -4.40. The predicted molar refractivity (Wildman–Crippen MR) is 137 cm³/mol. The summed E-state index contributed by atoms with van der Waals surface area (Å²) in [6.07, 6.45) is 1.97. The van der Waals surface area contributed by atoms with Gasteiger partial charge in [0.25, 0.3) is 11.5 Å². The van der Waals surface area contributed by atoms with E-state index in [4.69, 9.17) is 4.74 Å². The number of hydrogen-bond donors (Lipinski definition) is 2. The van der Waals surface area contributed by atoms with Crippen LogP contribution in [0.5, 0.6) is 5.75 Å². The zero-order valence-corrected chi connectivity index (χ0v) is 20.1. The van der Waals surface area contributed by atoms with E-state index in [1.54, 1.807) is 34.9 Å². The molecule has 0 bridgehead atoms. The number of H-pyrrole nitrogens is 1. The number of carbonyl (C=O) groups excluding carboxylic acids is 2. The molecule has 184 valence electrons. The second-order valence-electron chi connectivity index (χ2n) is 8.90. The van der Waals surface area contributed by atoms with E-state index in [0.717, 1.165) is 27.7 Å². The molecular formula is C27H26N4O5. The molecule has 36 heavy (non-hydrogen) atoms. The minimum atomic E-state index is -0.366. The van der Waals surface area contributed by atoms with Crippen LogP contribution in [0.1, 0.15) is 35.7 Å². The lowest BCUT2D eigenvalue weighted by molar-refractivity contribution is -0.118. The van der Waals surface area contributed by atoms with Crippen molar-refractivity contribution < 1.29 is 14.3 Å². The summed E-state index contributed by atoms with van der Waals surface area (Å²) in [6.45, 7) is 2.32. The van der Waals surface area contributed by atoms with Crippen molar-refractivity contribution in [1.82, 2.24) is 14.1 Å². The van der Waals surface area contributed by atoms with Gasteiger partial charge in [0.1, 0.15) is 11.3 Å². The molecule has 0 unspecified atom stereocenters. The number of ether oxygens (including phenoxy) is 1. The topological polar surface area (TPSA) is 115 Å². The van der Waals surface area contributed by atoms with Gasteiger partial charge >= 0.3 is 5.69 Å². The third kappa shape index (κ3) is 4.24. The molecule has 9 heteroatoms. The molecule has 1 amide bonds. The second kappa shape index (κ2) is 9.33. The normalized spacial score (nSPS) is 12.7. The lowest BCUT2D eigenvalue weighted by atomic mass is 10.1. The first-order valence-electron chi connectivity index (χ1n) is 11.9. The number of benzene rings is 2. The zero-order valence-electron chi connectivity index (χ0n) is 20.1. The Kier molecular flexibility index (Phi) is 6.05. The highest BCUT2D eigenvalue weighted by Crippen LogP contribution is 2.26. The van der Waals surface area contributed by atoms with Gasteiger partial charge in [0.2, 0.25) is 0 Å². The molecule has 0 saturated carbocycles. The lowest BCUT2D eigenvalue weighted by Gasteiger charge is -2.09. The molecule has 0 spiro atoms. The molecule has 2 aromatic carbocycles. The van der Waals surface area contributed by atoms with Gasteiger partial charge in [-0.25, -0.2) is 4.79 Å². The maximum atomic E-state index is 12.6. The van der Waals surface area contributed by atoms with E-state index in [-0.39, 0.29) is 29.5 Å². The van der Waals surface area contributed by atoms with E-state index in [1.807, 2.05) is 25.1 Å². The quantitative estimate of drug-likeness (QED) is 0.416. The summed E-state index contributed by atoms with van der Waals surface area (Å²) in [5.74, 6) is 0.354. The van der Waals surface area contributed by atoms with E-state index in [0.29, 0.717) is 47.6 Å². The van der Waals surface area contributed by atoms with Crippen LogP contribution < -0.4 is 21.3 Å². The van der Waals surface area contributed by atoms with Gasteiger partial charge in [0, 0.05) is 37.0 Å². The van der Waals surface area contributed by atoms with Gasteiger partial charge < -0.3 is 15.0 Å². The summed E-state index contributed by atoms with van der Waals surface area (Å²) in [6, 6.07) is 14.2. The number of Topliss-reactive ketones (excluding diaryl/α,β-unsaturated/α-hetero) is 1. The molecule has 9 nitrogen and oxygen atoms in total. The van der Waals surface area contributed by atoms with Gasteiger partial charge in [0.15, 0.2) is 12.4 Å². The molecule has 0 aliphatic heterocycles. The Balaban J connectivity index is 1.28. The molecule has 0 saturated heterocycles. The highest BCUT2D eigenvalue weighted by atomic mass is 16.5. The van der Waals surface area contributed by atoms with Crippen LogP contribution in [0.3, 0.4) is 0 Å². The van der Waals surface area contributed by atoms with Crippen molar-refractivity contribution >= 4 is 28.4 Å². The highest BCUT2D eigenvalue weighted by molar-refractivity contribution is 6.01. The first kappa shape index (κ1) is 23.3. The number of hydrogen-bond acceptors (Lipinski definition) is 5. The smallest absolute Gasteiger partial charge is 0.331 e. The largest absolute Gasteiger partial charge is 0.484 e. The molecule has 4 aromatic rings.